The van der Waals surface area contributed by atoms with Crippen LogP contribution in [0.5, 0.6) is 23.0 Å². The molecular weight excluding hydrogens is 760 g/mol. The van der Waals surface area contributed by atoms with Gasteiger partial charge in [-0.3, -0.25) is 4.79 Å². The largest absolute Gasteiger partial charge is 0.491 e. The molecule has 0 radical (unpaired) electrons. The molecular formula is C47H45FO11. The summed E-state index contributed by atoms with van der Waals surface area (Å²) in [6.07, 6.45) is 3.23. The maximum atomic E-state index is 15.1. The summed E-state index contributed by atoms with van der Waals surface area (Å²) >= 11 is 0. The number of hydrogen-bond acceptors (Lipinski definition) is 11. The molecule has 0 aliphatic rings. The average Bonchev–Trinajstić information content (AvgIpc) is 3.19. The average molecular weight is 805 g/mol. The minimum absolute atomic E-state index is 0.0146. The molecule has 0 saturated carbocycles. The van der Waals surface area contributed by atoms with E-state index in [1.54, 1.807) is 56.3 Å². The van der Waals surface area contributed by atoms with E-state index in [9.17, 15) is 24.0 Å². The maximum absolute atomic E-state index is 15.1. The van der Waals surface area contributed by atoms with E-state index in [1.165, 1.54) is 68.5 Å². The van der Waals surface area contributed by atoms with Gasteiger partial charge < -0.3 is 28.4 Å². The highest BCUT2D eigenvalue weighted by molar-refractivity contribution is 5.92. The van der Waals surface area contributed by atoms with Gasteiger partial charge >= 0.3 is 29.8 Å². The minimum Gasteiger partial charge on any atom is -0.491 e. The number of rotatable bonds is 19. The summed E-state index contributed by atoms with van der Waals surface area (Å²) in [6, 6.07) is 22.1. The summed E-state index contributed by atoms with van der Waals surface area (Å²) in [4.78, 5) is 60.9. The summed E-state index contributed by atoms with van der Waals surface area (Å²) < 4.78 is 47.4. The summed E-state index contributed by atoms with van der Waals surface area (Å²) in [5.41, 5.74) is 3.94. The first-order valence-electron chi connectivity index (χ1n) is 18.4. The Bertz CT molecular complexity index is 2250. The number of carbonyl (C=O) groups excluding carboxylic acids is 5. The molecule has 1 unspecified atom stereocenters. The van der Waals surface area contributed by atoms with Gasteiger partial charge in [0.2, 0.25) is 0 Å². The Morgan fingerprint density at radius 3 is 1.95 bits per heavy atom. The maximum Gasteiger partial charge on any atom is 0.343 e. The molecule has 0 heterocycles. The lowest BCUT2D eigenvalue weighted by Gasteiger charge is -2.18. The molecule has 4 rings (SSSR count). The highest BCUT2D eigenvalue weighted by Gasteiger charge is 2.18. The number of benzene rings is 4. The molecule has 0 fully saturated rings. The quantitative estimate of drug-likeness (QED) is 0.0388. The van der Waals surface area contributed by atoms with Gasteiger partial charge in [-0.15, -0.1) is 0 Å². The van der Waals surface area contributed by atoms with Crippen LogP contribution in [0.25, 0.3) is 17.2 Å². The molecule has 0 bridgehead atoms. The molecule has 1 atom stereocenters. The van der Waals surface area contributed by atoms with Gasteiger partial charge in [0.1, 0.15) is 17.2 Å². The Morgan fingerprint density at radius 2 is 1.32 bits per heavy atom. The monoisotopic (exact) mass is 804 g/mol. The predicted octanol–water partition coefficient (Wildman–Crippen LogP) is 9.13. The number of ether oxygens (including phenoxy) is 6. The van der Waals surface area contributed by atoms with E-state index >= 15 is 4.39 Å². The molecule has 11 nitrogen and oxygen atoms in total. The Balaban J connectivity index is 1.27. The minimum atomic E-state index is -0.632. The van der Waals surface area contributed by atoms with Crippen molar-refractivity contribution in [1.82, 2.24) is 0 Å². The third kappa shape index (κ3) is 14.4. The zero-order valence-corrected chi connectivity index (χ0v) is 33.3. The highest BCUT2D eigenvalue weighted by Crippen LogP contribution is 2.28. The van der Waals surface area contributed by atoms with Crippen molar-refractivity contribution >= 4 is 35.9 Å². The fourth-order valence-corrected chi connectivity index (χ4v) is 5.09. The third-order valence-corrected chi connectivity index (χ3v) is 8.31. The number of halogens is 1. The van der Waals surface area contributed by atoms with Crippen LogP contribution >= 0.6 is 0 Å². The van der Waals surface area contributed by atoms with E-state index in [0.29, 0.717) is 28.7 Å². The Morgan fingerprint density at radius 1 is 0.695 bits per heavy atom. The molecule has 0 saturated heterocycles. The van der Waals surface area contributed by atoms with Gasteiger partial charge in [0, 0.05) is 23.1 Å². The van der Waals surface area contributed by atoms with E-state index in [1.807, 2.05) is 0 Å². The third-order valence-electron chi connectivity index (χ3n) is 8.31. The van der Waals surface area contributed by atoms with Crippen molar-refractivity contribution < 1.29 is 56.8 Å². The van der Waals surface area contributed by atoms with Crippen LogP contribution in [0.1, 0.15) is 55.1 Å². The van der Waals surface area contributed by atoms with Crippen LogP contribution in [-0.4, -0.2) is 49.7 Å². The van der Waals surface area contributed by atoms with Crippen molar-refractivity contribution in [3.8, 4) is 34.1 Å². The van der Waals surface area contributed by atoms with Crippen LogP contribution in [0, 0.1) is 18.7 Å². The molecule has 306 valence electrons. The van der Waals surface area contributed by atoms with Crippen molar-refractivity contribution in [2.24, 2.45) is 5.92 Å². The van der Waals surface area contributed by atoms with Crippen molar-refractivity contribution in [2.45, 2.75) is 40.5 Å². The molecule has 0 spiro atoms. The first-order chi connectivity index (χ1) is 28.1. The number of aryl methyl sites for hydroxylation is 1. The standard InChI is InChI=1S/C47H45FO11/c1-29(2)24-44(50)55-27-34(28-56-45(51)30(3)4)22-23-54-42-19-15-37(26-40(42)48)35-11-8-33(9-12-35)10-21-43(49)59-41-20-18-39(25-32(41)7)58-47(53)36-13-16-38(17-14-36)57-46(52)31(5)6/h8-21,25-26,34H,1,3,5,22-24,27-28H2,2,4,6-7H3/b21-10+. The lowest BCUT2D eigenvalue weighted by molar-refractivity contribution is -0.147. The Hall–Kier alpha value is -7.08. The molecule has 59 heavy (non-hydrogen) atoms. The van der Waals surface area contributed by atoms with E-state index < -0.39 is 35.7 Å². The molecule has 12 heteroatoms. The zero-order chi connectivity index (χ0) is 43.1. The van der Waals surface area contributed by atoms with Gasteiger partial charge in [-0.05, 0) is 117 Å². The number of carbonyl (C=O) groups is 5. The second-order valence-electron chi connectivity index (χ2n) is 13.7. The van der Waals surface area contributed by atoms with Crippen molar-refractivity contribution in [2.75, 3.05) is 19.8 Å². The lowest BCUT2D eigenvalue weighted by atomic mass is 10.0. The lowest BCUT2D eigenvalue weighted by Crippen LogP contribution is -2.23. The fraction of sp³-hybridized carbons (Fsp3) is 0.213. The molecule has 0 N–H and O–H groups in total. The van der Waals surface area contributed by atoms with Gasteiger partial charge in [0.05, 0.1) is 31.8 Å². The number of esters is 5. The molecule has 0 aromatic heterocycles. The molecule has 4 aromatic rings. The van der Waals surface area contributed by atoms with Gasteiger partial charge in [0.15, 0.2) is 11.6 Å². The van der Waals surface area contributed by atoms with E-state index in [-0.39, 0.29) is 71.9 Å². The van der Waals surface area contributed by atoms with Crippen LogP contribution in [-0.2, 0) is 28.7 Å². The first-order valence-corrected chi connectivity index (χ1v) is 18.4. The van der Waals surface area contributed by atoms with E-state index in [4.69, 9.17) is 28.4 Å². The van der Waals surface area contributed by atoms with Gasteiger partial charge in [-0.25, -0.2) is 23.6 Å². The Kier molecular flexibility index (Phi) is 16.2. The van der Waals surface area contributed by atoms with Crippen LogP contribution in [0.15, 0.2) is 127 Å². The summed E-state index contributed by atoms with van der Waals surface area (Å²) in [6.45, 7) is 17.3. The fourth-order valence-electron chi connectivity index (χ4n) is 5.09. The van der Waals surface area contributed by atoms with Crippen molar-refractivity contribution in [3.05, 3.63) is 150 Å². The normalized spacial score (nSPS) is 11.2. The molecule has 4 aromatic carbocycles. The van der Waals surface area contributed by atoms with Gasteiger partial charge in [0.25, 0.3) is 0 Å². The van der Waals surface area contributed by atoms with Crippen LogP contribution in [0.4, 0.5) is 4.39 Å². The van der Waals surface area contributed by atoms with Crippen LogP contribution < -0.4 is 18.9 Å². The molecule has 0 aliphatic heterocycles. The summed E-state index contributed by atoms with van der Waals surface area (Å²) in [7, 11) is 0. The van der Waals surface area contributed by atoms with E-state index in [0.717, 1.165) is 5.56 Å². The number of hydrogen-bond donors (Lipinski definition) is 0. The smallest absolute Gasteiger partial charge is 0.343 e. The van der Waals surface area contributed by atoms with Crippen LogP contribution in [0.3, 0.4) is 0 Å². The summed E-state index contributed by atoms with van der Waals surface area (Å²) in [5.74, 6) is -3.02. The SMILES string of the molecule is C=C(C)CC(=O)OCC(CCOc1ccc(-c2ccc(/C=C/C(=O)Oc3ccc(OC(=O)c4ccc(OC(=O)C(=C)C)cc4)cc3C)cc2)cc1F)COC(=O)C(=C)C. The van der Waals surface area contributed by atoms with E-state index in [2.05, 4.69) is 19.7 Å². The topological polar surface area (TPSA) is 141 Å². The van der Waals surface area contributed by atoms with Gasteiger partial charge in [-0.2, -0.15) is 0 Å². The molecule has 0 aliphatic carbocycles. The van der Waals surface area contributed by atoms with Crippen LogP contribution in [0.2, 0.25) is 0 Å². The second kappa shape index (κ2) is 21.4. The van der Waals surface area contributed by atoms with Crippen molar-refractivity contribution in [1.29, 1.82) is 0 Å². The van der Waals surface area contributed by atoms with Crippen molar-refractivity contribution in [3.63, 3.8) is 0 Å². The summed E-state index contributed by atoms with van der Waals surface area (Å²) in [5, 5.41) is 0. The predicted molar refractivity (Wildman–Crippen MR) is 219 cm³/mol. The second-order valence-corrected chi connectivity index (χ2v) is 13.7. The first kappa shape index (κ1) is 44.6. The highest BCUT2D eigenvalue weighted by atomic mass is 19.1. The molecule has 0 amide bonds. The zero-order valence-electron chi connectivity index (χ0n) is 33.3. The Labute approximate surface area is 342 Å². The van der Waals surface area contributed by atoms with Gasteiger partial charge in [-0.1, -0.05) is 55.6 Å².